The van der Waals surface area contributed by atoms with Crippen LogP contribution < -0.4 is 0 Å². The summed E-state index contributed by atoms with van der Waals surface area (Å²) in [5.74, 6) is -0.0786. The molecule has 0 heterocycles. The van der Waals surface area contributed by atoms with E-state index in [1.165, 1.54) is 26.2 Å². The normalized spacial score (nSPS) is 12.1. The van der Waals surface area contributed by atoms with Crippen LogP contribution in [0.1, 0.15) is 24.2 Å². The molecule has 1 aromatic carbocycles. The third-order valence-electron chi connectivity index (χ3n) is 2.44. The highest BCUT2D eigenvalue weighted by Crippen LogP contribution is 2.15. The first-order valence-electron chi connectivity index (χ1n) is 5.33. The SMILES string of the molecule is CC(C)C(=O)c1ccc(S(=O)(=O)N(C)C)cc1. The lowest BCUT2D eigenvalue weighted by Crippen LogP contribution is -2.22. The quantitative estimate of drug-likeness (QED) is 0.771. The van der Waals surface area contributed by atoms with Crippen LogP contribution in [-0.2, 0) is 10.0 Å². The van der Waals surface area contributed by atoms with Gasteiger partial charge in [-0.25, -0.2) is 12.7 Å². The molecule has 94 valence electrons. The maximum absolute atomic E-state index is 11.8. The van der Waals surface area contributed by atoms with Crippen LogP contribution in [-0.4, -0.2) is 32.6 Å². The van der Waals surface area contributed by atoms with Gasteiger partial charge in [0.2, 0.25) is 10.0 Å². The van der Waals surface area contributed by atoms with E-state index in [4.69, 9.17) is 0 Å². The van der Waals surface area contributed by atoms with Crippen LogP contribution in [0.5, 0.6) is 0 Å². The van der Waals surface area contributed by atoms with Crippen molar-refractivity contribution < 1.29 is 13.2 Å². The van der Waals surface area contributed by atoms with Gasteiger partial charge in [0.1, 0.15) is 0 Å². The van der Waals surface area contributed by atoms with E-state index in [0.29, 0.717) is 5.56 Å². The van der Waals surface area contributed by atoms with Crippen LogP contribution >= 0.6 is 0 Å². The first-order valence-corrected chi connectivity index (χ1v) is 6.77. The third-order valence-corrected chi connectivity index (χ3v) is 4.27. The molecule has 0 radical (unpaired) electrons. The highest BCUT2D eigenvalue weighted by atomic mass is 32.2. The van der Waals surface area contributed by atoms with Crippen molar-refractivity contribution in [1.82, 2.24) is 4.31 Å². The number of ketones is 1. The summed E-state index contributed by atoms with van der Waals surface area (Å²) in [6, 6.07) is 6.04. The fourth-order valence-electron chi connectivity index (χ4n) is 1.34. The molecule has 0 aliphatic heterocycles. The molecule has 0 unspecified atom stereocenters. The molecular formula is C12H17NO3S. The van der Waals surface area contributed by atoms with Gasteiger partial charge in [0.15, 0.2) is 5.78 Å². The van der Waals surface area contributed by atoms with Gasteiger partial charge in [-0.1, -0.05) is 26.0 Å². The third kappa shape index (κ3) is 2.92. The molecule has 1 rings (SSSR count). The summed E-state index contributed by atoms with van der Waals surface area (Å²) in [7, 11) is -0.468. The number of sulfonamides is 1. The molecule has 5 heteroatoms. The number of hydrogen-bond donors (Lipinski definition) is 0. The zero-order valence-corrected chi connectivity index (χ0v) is 11.3. The van der Waals surface area contributed by atoms with Crippen molar-refractivity contribution in [3.05, 3.63) is 29.8 Å². The van der Waals surface area contributed by atoms with Gasteiger partial charge in [-0.2, -0.15) is 0 Å². The lowest BCUT2D eigenvalue weighted by molar-refractivity contribution is 0.0939. The lowest BCUT2D eigenvalue weighted by atomic mass is 10.0. The van der Waals surface area contributed by atoms with Crippen molar-refractivity contribution in [1.29, 1.82) is 0 Å². The smallest absolute Gasteiger partial charge is 0.242 e. The van der Waals surface area contributed by atoms with Crippen molar-refractivity contribution in [2.45, 2.75) is 18.7 Å². The van der Waals surface area contributed by atoms with Gasteiger partial charge in [-0.15, -0.1) is 0 Å². The minimum atomic E-state index is -3.42. The highest BCUT2D eigenvalue weighted by Gasteiger charge is 2.18. The Kier molecular flexibility index (Phi) is 4.06. The van der Waals surface area contributed by atoms with Gasteiger partial charge in [0, 0.05) is 25.6 Å². The molecule has 0 fully saturated rings. The maximum Gasteiger partial charge on any atom is 0.242 e. The van der Waals surface area contributed by atoms with Gasteiger partial charge in [0.25, 0.3) is 0 Å². The molecule has 0 saturated heterocycles. The molecule has 1 aromatic rings. The molecule has 0 aromatic heterocycles. The summed E-state index contributed by atoms with van der Waals surface area (Å²) in [5.41, 5.74) is 0.540. The largest absolute Gasteiger partial charge is 0.294 e. The molecule has 0 saturated carbocycles. The zero-order valence-electron chi connectivity index (χ0n) is 10.5. The number of nitrogens with zero attached hydrogens (tertiary/aromatic N) is 1. The Morgan fingerprint density at radius 2 is 1.59 bits per heavy atom. The number of rotatable bonds is 4. The van der Waals surface area contributed by atoms with E-state index in [-0.39, 0.29) is 16.6 Å². The lowest BCUT2D eigenvalue weighted by Gasteiger charge is -2.11. The molecular weight excluding hydrogens is 238 g/mol. The monoisotopic (exact) mass is 255 g/mol. The Morgan fingerprint density at radius 3 is 1.94 bits per heavy atom. The van der Waals surface area contributed by atoms with Gasteiger partial charge < -0.3 is 0 Å². The average Bonchev–Trinajstić information content (AvgIpc) is 2.27. The topological polar surface area (TPSA) is 54.5 Å². The number of Topliss-reactive ketones (excluding diaryl/α,β-unsaturated/α-hetero) is 1. The minimum absolute atomic E-state index is 0.0128. The molecule has 0 atom stereocenters. The van der Waals surface area contributed by atoms with Crippen LogP contribution in [0.3, 0.4) is 0 Å². The van der Waals surface area contributed by atoms with Gasteiger partial charge in [0.05, 0.1) is 4.90 Å². The van der Waals surface area contributed by atoms with E-state index in [2.05, 4.69) is 0 Å². The van der Waals surface area contributed by atoms with E-state index in [1.807, 2.05) is 13.8 Å². The molecule has 0 amide bonds. The Balaban J connectivity index is 3.09. The van der Waals surface area contributed by atoms with E-state index >= 15 is 0 Å². The Labute approximate surface area is 102 Å². The van der Waals surface area contributed by atoms with E-state index in [1.54, 1.807) is 12.1 Å². The maximum atomic E-state index is 11.8. The summed E-state index contributed by atoms with van der Waals surface area (Å²) in [6.07, 6.45) is 0. The zero-order chi connectivity index (χ0) is 13.2. The molecule has 4 nitrogen and oxygen atoms in total. The minimum Gasteiger partial charge on any atom is -0.294 e. The van der Waals surface area contributed by atoms with Gasteiger partial charge in [-0.3, -0.25) is 4.79 Å². The Morgan fingerprint density at radius 1 is 1.12 bits per heavy atom. The van der Waals surface area contributed by atoms with Crippen LogP contribution in [0.15, 0.2) is 29.2 Å². The van der Waals surface area contributed by atoms with Crippen molar-refractivity contribution in [3.8, 4) is 0 Å². The number of carbonyl (C=O) groups excluding carboxylic acids is 1. The summed E-state index contributed by atoms with van der Waals surface area (Å²) in [4.78, 5) is 11.9. The number of benzene rings is 1. The standard InChI is InChI=1S/C12H17NO3S/c1-9(2)12(14)10-5-7-11(8-6-10)17(15,16)13(3)4/h5-9H,1-4H3. The predicted octanol–water partition coefficient (Wildman–Crippen LogP) is 1.78. The summed E-state index contributed by atoms with van der Waals surface area (Å²) < 4.78 is 24.7. The van der Waals surface area contributed by atoms with Crippen molar-refractivity contribution in [2.24, 2.45) is 5.92 Å². The summed E-state index contributed by atoms with van der Waals surface area (Å²) in [6.45, 7) is 3.62. The predicted molar refractivity (Wildman–Crippen MR) is 66.5 cm³/mol. The van der Waals surface area contributed by atoms with Crippen LogP contribution in [0.25, 0.3) is 0 Å². The molecule has 17 heavy (non-hydrogen) atoms. The van der Waals surface area contributed by atoms with E-state index in [9.17, 15) is 13.2 Å². The first-order chi connectivity index (χ1) is 7.76. The van der Waals surface area contributed by atoms with Crippen LogP contribution in [0.4, 0.5) is 0 Å². The van der Waals surface area contributed by atoms with Crippen LogP contribution in [0, 0.1) is 5.92 Å². The summed E-state index contributed by atoms with van der Waals surface area (Å²) in [5, 5.41) is 0. The molecule has 0 bridgehead atoms. The molecule has 0 aliphatic rings. The molecule has 0 aliphatic carbocycles. The molecule has 0 N–H and O–H groups in total. The second-order valence-corrected chi connectivity index (χ2v) is 6.48. The second-order valence-electron chi connectivity index (χ2n) is 4.33. The van der Waals surface area contributed by atoms with E-state index in [0.717, 1.165) is 4.31 Å². The van der Waals surface area contributed by atoms with Crippen molar-refractivity contribution >= 4 is 15.8 Å². The van der Waals surface area contributed by atoms with Crippen molar-refractivity contribution in [2.75, 3.05) is 14.1 Å². The van der Waals surface area contributed by atoms with E-state index < -0.39 is 10.0 Å². The number of carbonyl (C=O) groups is 1. The van der Waals surface area contributed by atoms with Crippen LogP contribution in [0.2, 0.25) is 0 Å². The molecule has 0 spiro atoms. The summed E-state index contributed by atoms with van der Waals surface area (Å²) >= 11 is 0. The average molecular weight is 255 g/mol. The van der Waals surface area contributed by atoms with Gasteiger partial charge >= 0.3 is 0 Å². The van der Waals surface area contributed by atoms with Gasteiger partial charge in [-0.05, 0) is 12.1 Å². The first kappa shape index (κ1) is 13.9. The fourth-order valence-corrected chi connectivity index (χ4v) is 2.24. The Hall–Kier alpha value is -1.20. The highest BCUT2D eigenvalue weighted by molar-refractivity contribution is 7.89. The fraction of sp³-hybridized carbons (Fsp3) is 0.417. The Bertz CT molecular complexity index is 501. The second kappa shape index (κ2) is 4.98. The van der Waals surface area contributed by atoms with Crippen molar-refractivity contribution in [3.63, 3.8) is 0 Å². The number of hydrogen-bond acceptors (Lipinski definition) is 3.